The Balaban J connectivity index is 2.61. The molecule has 4 heteroatoms. The standard InChI is InChI=1S/C14H11ClO3/c1-8(2)14(17)18-12-7-11(15)13(16)10-6-4-3-5-9(10)12/h3-7,16H,1H2,2H3. The maximum atomic E-state index is 11.5. The van der Waals surface area contributed by atoms with Crippen molar-refractivity contribution in [3.63, 3.8) is 0 Å². The molecule has 18 heavy (non-hydrogen) atoms. The lowest BCUT2D eigenvalue weighted by Crippen LogP contribution is -2.08. The molecule has 0 radical (unpaired) electrons. The molecule has 0 saturated heterocycles. The lowest BCUT2D eigenvalue weighted by molar-refractivity contribution is -0.129. The highest BCUT2D eigenvalue weighted by Crippen LogP contribution is 2.38. The topological polar surface area (TPSA) is 46.5 Å². The third kappa shape index (κ3) is 2.17. The first kappa shape index (κ1) is 12.5. The van der Waals surface area contributed by atoms with Crippen molar-refractivity contribution in [3.05, 3.63) is 47.5 Å². The third-order valence-electron chi connectivity index (χ3n) is 2.48. The fourth-order valence-electron chi connectivity index (χ4n) is 1.57. The Bertz CT molecular complexity index is 647. The second kappa shape index (κ2) is 4.70. The first-order valence-corrected chi connectivity index (χ1v) is 5.66. The monoisotopic (exact) mass is 262 g/mol. The van der Waals surface area contributed by atoms with Crippen LogP contribution in [0.5, 0.6) is 11.5 Å². The van der Waals surface area contributed by atoms with Gasteiger partial charge < -0.3 is 9.84 Å². The quantitative estimate of drug-likeness (QED) is 0.510. The molecule has 2 rings (SSSR count). The largest absolute Gasteiger partial charge is 0.506 e. The van der Waals surface area contributed by atoms with Gasteiger partial charge in [-0.2, -0.15) is 0 Å². The smallest absolute Gasteiger partial charge is 0.338 e. The van der Waals surface area contributed by atoms with E-state index in [2.05, 4.69) is 6.58 Å². The first-order chi connectivity index (χ1) is 8.50. The Morgan fingerprint density at radius 2 is 1.94 bits per heavy atom. The van der Waals surface area contributed by atoms with Crippen LogP contribution in [0.25, 0.3) is 10.8 Å². The summed E-state index contributed by atoms with van der Waals surface area (Å²) in [6, 6.07) is 8.41. The highest BCUT2D eigenvalue weighted by atomic mass is 35.5. The van der Waals surface area contributed by atoms with Crippen molar-refractivity contribution in [2.45, 2.75) is 6.92 Å². The molecule has 0 spiro atoms. The van der Waals surface area contributed by atoms with Crippen molar-refractivity contribution in [2.75, 3.05) is 0 Å². The van der Waals surface area contributed by atoms with Crippen LogP contribution in [0.4, 0.5) is 0 Å². The molecule has 0 bridgehead atoms. The molecule has 0 aromatic heterocycles. The van der Waals surface area contributed by atoms with Gasteiger partial charge in [-0.05, 0) is 6.92 Å². The number of carbonyl (C=O) groups excluding carboxylic acids is 1. The fourth-order valence-corrected chi connectivity index (χ4v) is 1.77. The Morgan fingerprint density at radius 1 is 1.33 bits per heavy atom. The van der Waals surface area contributed by atoms with Crippen LogP contribution in [-0.2, 0) is 4.79 Å². The summed E-state index contributed by atoms with van der Waals surface area (Å²) in [5.41, 5.74) is 0.295. The lowest BCUT2D eigenvalue weighted by Gasteiger charge is -2.10. The highest BCUT2D eigenvalue weighted by molar-refractivity contribution is 6.33. The number of aromatic hydroxyl groups is 1. The number of phenolic OH excluding ortho intramolecular Hbond substituents is 1. The summed E-state index contributed by atoms with van der Waals surface area (Å²) in [7, 11) is 0. The molecule has 2 aromatic rings. The van der Waals surface area contributed by atoms with E-state index < -0.39 is 5.97 Å². The summed E-state index contributed by atoms with van der Waals surface area (Å²) in [4.78, 5) is 11.5. The van der Waals surface area contributed by atoms with Gasteiger partial charge in [-0.1, -0.05) is 42.4 Å². The lowest BCUT2D eigenvalue weighted by atomic mass is 10.1. The van der Waals surface area contributed by atoms with Gasteiger partial charge in [-0.3, -0.25) is 0 Å². The number of phenols is 1. The average Bonchev–Trinajstić information content (AvgIpc) is 2.35. The molecular weight excluding hydrogens is 252 g/mol. The van der Waals surface area contributed by atoms with Gasteiger partial charge in [0, 0.05) is 22.4 Å². The number of fused-ring (bicyclic) bond motifs is 1. The van der Waals surface area contributed by atoms with Gasteiger partial charge in [0.1, 0.15) is 11.5 Å². The normalized spacial score (nSPS) is 10.3. The number of halogens is 1. The van der Waals surface area contributed by atoms with E-state index in [1.807, 2.05) is 0 Å². The molecule has 0 heterocycles. The van der Waals surface area contributed by atoms with Gasteiger partial charge in [0.15, 0.2) is 0 Å². The molecule has 3 nitrogen and oxygen atoms in total. The summed E-state index contributed by atoms with van der Waals surface area (Å²) in [6.07, 6.45) is 0. The predicted molar refractivity (Wildman–Crippen MR) is 71.1 cm³/mol. The van der Waals surface area contributed by atoms with Gasteiger partial charge in [0.2, 0.25) is 0 Å². The third-order valence-corrected chi connectivity index (χ3v) is 2.77. The van der Waals surface area contributed by atoms with Crippen LogP contribution in [-0.4, -0.2) is 11.1 Å². The molecule has 0 amide bonds. The number of benzene rings is 2. The summed E-state index contributed by atoms with van der Waals surface area (Å²) in [5.74, 6) is -0.245. The van der Waals surface area contributed by atoms with Crippen LogP contribution in [0.2, 0.25) is 5.02 Å². The molecule has 1 N–H and O–H groups in total. The van der Waals surface area contributed by atoms with Gasteiger partial charge in [0.25, 0.3) is 0 Å². The van der Waals surface area contributed by atoms with E-state index >= 15 is 0 Å². The second-order valence-electron chi connectivity index (χ2n) is 3.92. The number of hydrogen-bond donors (Lipinski definition) is 1. The molecule has 0 saturated carbocycles. The Kier molecular flexibility index (Phi) is 3.26. The van der Waals surface area contributed by atoms with Gasteiger partial charge in [-0.25, -0.2) is 4.79 Å². The molecule has 0 atom stereocenters. The molecule has 0 unspecified atom stereocenters. The second-order valence-corrected chi connectivity index (χ2v) is 4.33. The molecule has 0 aliphatic rings. The van der Waals surface area contributed by atoms with E-state index in [1.165, 1.54) is 6.07 Å². The van der Waals surface area contributed by atoms with Crippen LogP contribution >= 0.6 is 11.6 Å². The summed E-state index contributed by atoms with van der Waals surface area (Å²) >= 11 is 5.89. The van der Waals surface area contributed by atoms with Crippen molar-refractivity contribution in [1.82, 2.24) is 0 Å². The summed E-state index contributed by atoms with van der Waals surface area (Å²) in [5, 5.41) is 11.1. The molecule has 0 fully saturated rings. The Hall–Kier alpha value is -2.00. The van der Waals surface area contributed by atoms with E-state index in [4.69, 9.17) is 16.3 Å². The first-order valence-electron chi connectivity index (χ1n) is 5.28. The number of rotatable bonds is 2. The van der Waals surface area contributed by atoms with E-state index in [9.17, 15) is 9.90 Å². The minimum Gasteiger partial charge on any atom is -0.506 e. The van der Waals surface area contributed by atoms with Crippen molar-refractivity contribution < 1.29 is 14.6 Å². The minimum atomic E-state index is -0.526. The summed E-state index contributed by atoms with van der Waals surface area (Å²) in [6.45, 7) is 5.08. The van der Waals surface area contributed by atoms with Crippen molar-refractivity contribution >= 4 is 28.3 Å². The van der Waals surface area contributed by atoms with Crippen LogP contribution in [0.1, 0.15) is 6.92 Å². The molecule has 0 aliphatic carbocycles. The zero-order valence-corrected chi connectivity index (χ0v) is 10.5. The Morgan fingerprint density at radius 3 is 2.56 bits per heavy atom. The number of hydrogen-bond acceptors (Lipinski definition) is 3. The van der Waals surface area contributed by atoms with Crippen LogP contribution in [0.3, 0.4) is 0 Å². The van der Waals surface area contributed by atoms with Gasteiger partial charge >= 0.3 is 5.97 Å². The molecular formula is C14H11ClO3. The van der Waals surface area contributed by atoms with Crippen LogP contribution < -0.4 is 4.74 Å². The van der Waals surface area contributed by atoms with E-state index in [1.54, 1.807) is 31.2 Å². The maximum Gasteiger partial charge on any atom is 0.338 e. The molecule has 92 valence electrons. The minimum absolute atomic E-state index is 0.0256. The highest BCUT2D eigenvalue weighted by Gasteiger charge is 2.13. The van der Waals surface area contributed by atoms with Crippen molar-refractivity contribution in [1.29, 1.82) is 0 Å². The van der Waals surface area contributed by atoms with E-state index in [0.29, 0.717) is 22.1 Å². The average molecular weight is 263 g/mol. The summed E-state index contributed by atoms with van der Waals surface area (Å²) < 4.78 is 5.19. The number of ether oxygens (including phenoxy) is 1. The molecule has 2 aromatic carbocycles. The van der Waals surface area contributed by atoms with E-state index in [-0.39, 0.29) is 10.8 Å². The SMILES string of the molecule is C=C(C)C(=O)Oc1cc(Cl)c(O)c2ccccc12. The van der Waals surface area contributed by atoms with Crippen LogP contribution in [0, 0.1) is 0 Å². The predicted octanol–water partition coefficient (Wildman–Crippen LogP) is 3.68. The van der Waals surface area contributed by atoms with Gasteiger partial charge in [-0.15, -0.1) is 0 Å². The van der Waals surface area contributed by atoms with Crippen molar-refractivity contribution in [2.24, 2.45) is 0 Å². The maximum absolute atomic E-state index is 11.5. The Labute approximate surface area is 109 Å². The molecule has 0 aliphatic heterocycles. The zero-order valence-electron chi connectivity index (χ0n) is 9.74. The van der Waals surface area contributed by atoms with Crippen molar-refractivity contribution in [3.8, 4) is 11.5 Å². The van der Waals surface area contributed by atoms with Gasteiger partial charge in [0.05, 0.1) is 5.02 Å². The fraction of sp³-hybridized carbons (Fsp3) is 0.0714. The van der Waals surface area contributed by atoms with Crippen LogP contribution in [0.15, 0.2) is 42.5 Å². The number of esters is 1. The zero-order chi connectivity index (χ0) is 13.3. The van der Waals surface area contributed by atoms with E-state index in [0.717, 1.165) is 0 Å². The number of carbonyl (C=O) groups is 1.